The lowest BCUT2D eigenvalue weighted by Crippen LogP contribution is -2.61. The molecule has 6 unspecified atom stereocenters. The normalized spacial score (nSPS) is 40.5. The molecular weight excluding hydrogens is 376 g/mol. The molecule has 4 rings (SSSR count). The number of aliphatic hydroxyl groups is 1. The highest BCUT2D eigenvalue weighted by atomic mass is 16.4. The standard InChI is InChI=1S/C26H38O4/c1-15-7-8-21-25(5,18(15)14-17-19(27)13-16(2)30-23(17)29)11-9-20-24(3,4)22(28)10-12-26(20,21)6/h13,18,20-22,27-28H,1,7-12,14H2,2-6H3. The predicted octanol–water partition coefficient (Wildman–Crippen LogP) is 5.38. The predicted molar refractivity (Wildman–Crippen MR) is 118 cm³/mol. The lowest BCUT2D eigenvalue weighted by Gasteiger charge is -2.66. The van der Waals surface area contributed by atoms with E-state index < -0.39 is 5.63 Å². The third-order valence-electron chi connectivity index (χ3n) is 9.67. The van der Waals surface area contributed by atoms with Crippen LogP contribution in [0.1, 0.15) is 77.5 Å². The fraction of sp³-hybridized carbons (Fsp3) is 0.731. The third kappa shape index (κ3) is 3.01. The van der Waals surface area contributed by atoms with Crippen LogP contribution in [0.25, 0.3) is 0 Å². The van der Waals surface area contributed by atoms with Crippen molar-refractivity contribution in [3.8, 4) is 5.75 Å². The van der Waals surface area contributed by atoms with Crippen molar-refractivity contribution in [2.75, 3.05) is 0 Å². The van der Waals surface area contributed by atoms with Crippen molar-refractivity contribution in [3.05, 3.63) is 40.0 Å². The summed E-state index contributed by atoms with van der Waals surface area (Å²) in [7, 11) is 0. The van der Waals surface area contributed by atoms with E-state index in [1.165, 1.54) is 5.57 Å². The van der Waals surface area contributed by atoms with Gasteiger partial charge in [0.25, 0.3) is 0 Å². The molecule has 3 fully saturated rings. The average Bonchev–Trinajstić information content (AvgIpc) is 2.63. The van der Waals surface area contributed by atoms with Gasteiger partial charge in [-0.15, -0.1) is 0 Å². The maximum absolute atomic E-state index is 12.5. The molecule has 0 amide bonds. The highest BCUT2D eigenvalue weighted by Gasteiger charge is 2.62. The van der Waals surface area contributed by atoms with Gasteiger partial charge in [-0.25, -0.2) is 4.79 Å². The molecule has 3 aliphatic carbocycles. The second-order valence-electron chi connectivity index (χ2n) is 11.5. The number of allylic oxidation sites excluding steroid dienone is 1. The minimum Gasteiger partial charge on any atom is -0.507 e. The molecule has 0 radical (unpaired) electrons. The second kappa shape index (κ2) is 6.98. The van der Waals surface area contributed by atoms with E-state index in [0.29, 0.717) is 29.6 Å². The second-order valence-corrected chi connectivity index (χ2v) is 11.5. The van der Waals surface area contributed by atoms with Gasteiger partial charge in [0.1, 0.15) is 11.5 Å². The van der Waals surface area contributed by atoms with Gasteiger partial charge in [-0.2, -0.15) is 0 Å². The maximum Gasteiger partial charge on any atom is 0.342 e. The average molecular weight is 415 g/mol. The first kappa shape index (κ1) is 21.7. The van der Waals surface area contributed by atoms with Crippen molar-refractivity contribution in [1.82, 2.24) is 0 Å². The molecule has 1 aromatic rings. The van der Waals surface area contributed by atoms with Crippen molar-refractivity contribution in [1.29, 1.82) is 0 Å². The van der Waals surface area contributed by atoms with Crippen LogP contribution in [0.3, 0.4) is 0 Å². The van der Waals surface area contributed by atoms with Gasteiger partial charge in [-0.3, -0.25) is 0 Å². The summed E-state index contributed by atoms with van der Waals surface area (Å²) in [6, 6.07) is 1.55. The lowest BCUT2D eigenvalue weighted by atomic mass is 9.38. The number of aryl methyl sites for hydroxylation is 1. The molecule has 0 spiro atoms. The van der Waals surface area contributed by atoms with Crippen LogP contribution in [0.15, 0.2) is 27.4 Å². The highest BCUT2D eigenvalue weighted by Crippen LogP contribution is 2.69. The fourth-order valence-electron chi connectivity index (χ4n) is 8.02. The Kier molecular flexibility index (Phi) is 5.04. The number of hydrogen-bond donors (Lipinski definition) is 2. The van der Waals surface area contributed by atoms with Crippen LogP contribution in [-0.2, 0) is 6.42 Å². The number of hydrogen-bond acceptors (Lipinski definition) is 4. The topological polar surface area (TPSA) is 70.7 Å². The Morgan fingerprint density at radius 2 is 1.77 bits per heavy atom. The summed E-state index contributed by atoms with van der Waals surface area (Å²) in [4.78, 5) is 12.5. The Morgan fingerprint density at radius 1 is 1.10 bits per heavy atom. The molecule has 4 nitrogen and oxygen atoms in total. The van der Waals surface area contributed by atoms with Gasteiger partial charge in [-0.05, 0) is 85.9 Å². The molecule has 2 N–H and O–H groups in total. The molecule has 0 bridgehead atoms. The molecule has 3 saturated carbocycles. The molecule has 4 heteroatoms. The minimum atomic E-state index is -0.423. The largest absolute Gasteiger partial charge is 0.507 e. The Morgan fingerprint density at radius 3 is 2.43 bits per heavy atom. The Hall–Kier alpha value is -1.55. The molecule has 166 valence electrons. The summed E-state index contributed by atoms with van der Waals surface area (Å²) < 4.78 is 5.31. The van der Waals surface area contributed by atoms with Crippen LogP contribution in [-0.4, -0.2) is 16.3 Å². The number of aliphatic hydroxyl groups excluding tert-OH is 1. The van der Waals surface area contributed by atoms with E-state index in [0.717, 1.165) is 38.5 Å². The van der Waals surface area contributed by atoms with Gasteiger partial charge in [0.05, 0.1) is 11.7 Å². The van der Waals surface area contributed by atoms with Crippen molar-refractivity contribution < 1.29 is 14.6 Å². The summed E-state index contributed by atoms with van der Waals surface area (Å²) >= 11 is 0. The molecule has 30 heavy (non-hydrogen) atoms. The Balaban J connectivity index is 1.72. The van der Waals surface area contributed by atoms with E-state index in [-0.39, 0.29) is 34.0 Å². The molecule has 0 aromatic carbocycles. The SMILES string of the molecule is C=C1CCC2C(C)(CCC3C(C)(C)C(O)CCC32C)C1Cc1c(O)cc(C)oc1=O. The lowest BCUT2D eigenvalue weighted by molar-refractivity contribution is -0.185. The fourth-order valence-corrected chi connectivity index (χ4v) is 8.02. The van der Waals surface area contributed by atoms with Crippen molar-refractivity contribution in [3.63, 3.8) is 0 Å². The summed E-state index contributed by atoms with van der Waals surface area (Å²) in [5, 5.41) is 21.2. The van der Waals surface area contributed by atoms with E-state index >= 15 is 0 Å². The van der Waals surface area contributed by atoms with Crippen LogP contribution < -0.4 is 5.63 Å². The zero-order valence-electron chi connectivity index (χ0n) is 19.3. The van der Waals surface area contributed by atoms with Gasteiger partial charge in [0.15, 0.2) is 0 Å². The van der Waals surface area contributed by atoms with Gasteiger partial charge in [0.2, 0.25) is 0 Å². The first-order chi connectivity index (χ1) is 13.9. The van der Waals surface area contributed by atoms with Crippen LogP contribution in [0, 0.1) is 40.9 Å². The summed E-state index contributed by atoms with van der Waals surface area (Å²) in [5.74, 6) is 1.65. The highest BCUT2D eigenvalue weighted by molar-refractivity contribution is 5.32. The van der Waals surface area contributed by atoms with Gasteiger partial charge in [0, 0.05) is 6.07 Å². The van der Waals surface area contributed by atoms with Crippen LogP contribution in [0.4, 0.5) is 0 Å². The molecule has 0 aliphatic heterocycles. The summed E-state index contributed by atoms with van der Waals surface area (Å²) in [5.41, 5.74) is 1.30. The van der Waals surface area contributed by atoms with E-state index in [4.69, 9.17) is 4.42 Å². The van der Waals surface area contributed by atoms with Crippen molar-refractivity contribution in [2.24, 2.45) is 34.0 Å². The smallest absolute Gasteiger partial charge is 0.342 e. The molecule has 1 heterocycles. The van der Waals surface area contributed by atoms with Gasteiger partial charge in [-0.1, -0.05) is 39.8 Å². The molecule has 6 atom stereocenters. The van der Waals surface area contributed by atoms with Crippen LogP contribution >= 0.6 is 0 Å². The minimum absolute atomic E-state index is 0.0305. The van der Waals surface area contributed by atoms with Gasteiger partial charge < -0.3 is 14.6 Å². The summed E-state index contributed by atoms with van der Waals surface area (Å²) in [6.07, 6.45) is 6.42. The first-order valence-corrected chi connectivity index (χ1v) is 11.6. The molecule has 3 aliphatic rings. The van der Waals surface area contributed by atoms with E-state index in [9.17, 15) is 15.0 Å². The summed E-state index contributed by atoms with van der Waals surface area (Å²) in [6.45, 7) is 15.4. The first-order valence-electron chi connectivity index (χ1n) is 11.6. The number of aromatic hydroxyl groups is 1. The monoisotopic (exact) mass is 414 g/mol. The van der Waals surface area contributed by atoms with Crippen LogP contribution in [0.5, 0.6) is 5.75 Å². The zero-order chi connectivity index (χ0) is 22.1. The Labute approximate surface area is 180 Å². The van der Waals surface area contributed by atoms with Crippen molar-refractivity contribution in [2.45, 2.75) is 85.7 Å². The number of rotatable bonds is 2. The zero-order valence-corrected chi connectivity index (χ0v) is 19.3. The molecular formula is C26H38O4. The number of fused-ring (bicyclic) bond motifs is 3. The molecule has 1 aromatic heterocycles. The maximum atomic E-state index is 12.5. The van der Waals surface area contributed by atoms with Crippen LogP contribution in [0.2, 0.25) is 0 Å². The van der Waals surface area contributed by atoms with E-state index in [2.05, 4.69) is 34.3 Å². The van der Waals surface area contributed by atoms with Gasteiger partial charge >= 0.3 is 5.63 Å². The van der Waals surface area contributed by atoms with Crippen molar-refractivity contribution >= 4 is 0 Å². The quantitative estimate of drug-likeness (QED) is 0.637. The van der Waals surface area contributed by atoms with E-state index in [1.807, 2.05) is 0 Å². The van der Waals surface area contributed by atoms with E-state index in [1.54, 1.807) is 13.0 Å². The molecule has 0 saturated heterocycles. The Bertz CT molecular complexity index is 912. The third-order valence-corrected chi connectivity index (χ3v) is 9.67.